The van der Waals surface area contributed by atoms with Gasteiger partial charge in [-0.05, 0) is 36.8 Å². The van der Waals surface area contributed by atoms with E-state index >= 15 is 0 Å². The van der Waals surface area contributed by atoms with Gasteiger partial charge in [-0.15, -0.1) is 11.3 Å². The molecule has 1 N–H and O–H groups in total. The minimum atomic E-state index is -0.145. The summed E-state index contributed by atoms with van der Waals surface area (Å²) in [6, 6.07) is 13.3. The first kappa shape index (κ1) is 20.0. The summed E-state index contributed by atoms with van der Waals surface area (Å²) in [6.45, 7) is 2.45. The second-order valence-corrected chi connectivity index (χ2v) is 7.77. The van der Waals surface area contributed by atoms with Crippen molar-refractivity contribution in [3.63, 3.8) is 0 Å². The number of para-hydroxylation sites is 2. The van der Waals surface area contributed by atoms with E-state index in [1.54, 1.807) is 7.11 Å². The van der Waals surface area contributed by atoms with Gasteiger partial charge < -0.3 is 24.3 Å². The highest BCUT2D eigenvalue weighted by Crippen LogP contribution is 2.34. The third-order valence-corrected chi connectivity index (χ3v) is 5.67. The van der Waals surface area contributed by atoms with Crippen molar-refractivity contribution < 1.29 is 23.7 Å². The molecule has 3 aromatic rings. The largest absolute Gasteiger partial charge is 0.493 e. The van der Waals surface area contributed by atoms with E-state index in [4.69, 9.17) is 18.9 Å². The molecule has 0 unspecified atom stereocenters. The van der Waals surface area contributed by atoms with E-state index in [0.717, 1.165) is 27.6 Å². The molecule has 0 radical (unpaired) electrons. The van der Waals surface area contributed by atoms with E-state index in [1.165, 1.54) is 11.3 Å². The SMILES string of the molecule is COc1ccccc1OCCC(=O)Nc1nc(C)c(Cc2ccc3c(c2)OCO3)s1. The quantitative estimate of drug-likeness (QED) is 0.582. The Kier molecular flexibility index (Phi) is 6.04. The summed E-state index contributed by atoms with van der Waals surface area (Å²) in [5.74, 6) is 2.64. The number of aromatic nitrogens is 1. The molecular weight excluding hydrogens is 404 g/mol. The van der Waals surface area contributed by atoms with Gasteiger partial charge in [0.15, 0.2) is 28.1 Å². The van der Waals surface area contributed by atoms with Gasteiger partial charge in [0.1, 0.15) is 0 Å². The number of nitrogens with one attached hydrogen (secondary N) is 1. The number of nitrogens with zero attached hydrogens (tertiary/aromatic N) is 1. The maximum Gasteiger partial charge on any atom is 0.231 e. The van der Waals surface area contributed by atoms with Crippen molar-refractivity contribution in [1.29, 1.82) is 0 Å². The normalized spacial score (nSPS) is 11.9. The topological polar surface area (TPSA) is 78.9 Å². The number of amides is 1. The fourth-order valence-electron chi connectivity index (χ4n) is 3.06. The number of thiazole rings is 1. The van der Waals surface area contributed by atoms with Crippen LogP contribution in [0.2, 0.25) is 0 Å². The monoisotopic (exact) mass is 426 g/mol. The zero-order valence-corrected chi connectivity index (χ0v) is 17.6. The van der Waals surface area contributed by atoms with Crippen LogP contribution in [-0.4, -0.2) is 31.4 Å². The van der Waals surface area contributed by atoms with E-state index in [2.05, 4.69) is 10.3 Å². The molecule has 4 rings (SSSR count). The summed E-state index contributed by atoms with van der Waals surface area (Å²) in [5.41, 5.74) is 2.01. The van der Waals surface area contributed by atoms with Crippen molar-refractivity contribution in [2.75, 3.05) is 25.8 Å². The molecule has 0 bridgehead atoms. The summed E-state index contributed by atoms with van der Waals surface area (Å²) >= 11 is 1.48. The lowest BCUT2D eigenvalue weighted by atomic mass is 10.1. The van der Waals surface area contributed by atoms with E-state index in [-0.39, 0.29) is 25.7 Å². The Morgan fingerprint density at radius 2 is 1.97 bits per heavy atom. The number of methoxy groups -OCH3 is 1. The Bertz CT molecular complexity index is 1050. The highest BCUT2D eigenvalue weighted by molar-refractivity contribution is 7.15. The lowest BCUT2D eigenvalue weighted by Crippen LogP contribution is -2.15. The number of benzene rings is 2. The van der Waals surface area contributed by atoms with E-state index in [9.17, 15) is 4.79 Å². The number of hydrogen-bond acceptors (Lipinski definition) is 7. The molecule has 1 aromatic heterocycles. The Balaban J connectivity index is 1.31. The molecule has 1 aliphatic rings. The van der Waals surface area contributed by atoms with Gasteiger partial charge in [-0.2, -0.15) is 0 Å². The summed E-state index contributed by atoms with van der Waals surface area (Å²) in [5, 5.41) is 3.45. The molecule has 0 spiro atoms. The van der Waals surface area contributed by atoms with E-state index in [0.29, 0.717) is 23.1 Å². The van der Waals surface area contributed by atoms with Crippen LogP contribution < -0.4 is 24.3 Å². The Labute approximate surface area is 178 Å². The molecule has 1 amide bonds. The lowest BCUT2D eigenvalue weighted by Gasteiger charge is -2.09. The van der Waals surface area contributed by atoms with Crippen molar-refractivity contribution in [2.45, 2.75) is 19.8 Å². The van der Waals surface area contributed by atoms with Crippen LogP contribution in [0.5, 0.6) is 23.0 Å². The number of anilines is 1. The fourth-order valence-corrected chi connectivity index (χ4v) is 4.07. The van der Waals surface area contributed by atoms with Gasteiger partial charge in [0, 0.05) is 11.3 Å². The second kappa shape index (κ2) is 9.04. The molecule has 2 heterocycles. The smallest absolute Gasteiger partial charge is 0.231 e. The van der Waals surface area contributed by atoms with Crippen LogP contribution >= 0.6 is 11.3 Å². The number of hydrogen-bond donors (Lipinski definition) is 1. The van der Waals surface area contributed by atoms with Gasteiger partial charge in [-0.25, -0.2) is 4.98 Å². The minimum absolute atomic E-state index is 0.145. The zero-order chi connectivity index (χ0) is 20.9. The van der Waals surface area contributed by atoms with Crippen LogP contribution in [0.4, 0.5) is 5.13 Å². The van der Waals surface area contributed by atoms with Crippen molar-refractivity contribution in [2.24, 2.45) is 0 Å². The van der Waals surface area contributed by atoms with Crippen molar-refractivity contribution in [3.05, 3.63) is 58.6 Å². The average Bonchev–Trinajstić information content (AvgIpc) is 3.34. The molecule has 0 saturated carbocycles. The molecule has 30 heavy (non-hydrogen) atoms. The summed E-state index contributed by atoms with van der Waals surface area (Å²) < 4.78 is 21.7. The Morgan fingerprint density at radius 3 is 2.80 bits per heavy atom. The van der Waals surface area contributed by atoms with Gasteiger partial charge >= 0.3 is 0 Å². The number of rotatable bonds is 8. The summed E-state index contributed by atoms with van der Waals surface area (Å²) in [4.78, 5) is 17.9. The van der Waals surface area contributed by atoms with E-state index in [1.807, 2.05) is 49.4 Å². The highest BCUT2D eigenvalue weighted by atomic mass is 32.1. The van der Waals surface area contributed by atoms with Crippen LogP contribution in [-0.2, 0) is 11.2 Å². The molecule has 2 aromatic carbocycles. The molecule has 7 nitrogen and oxygen atoms in total. The maximum absolute atomic E-state index is 12.3. The summed E-state index contributed by atoms with van der Waals surface area (Å²) in [6.07, 6.45) is 0.932. The third kappa shape index (κ3) is 4.65. The third-order valence-electron chi connectivity index (χ3n) is 4.60. The average molecular weight is 426 g/mol. The maximum atomic E-state index is 12.3. The Hall–Kier alpha value is -3.26. The van der Waals surface area contributed by atoms with Crippen molar-refractivity contribution >= 4 is 22.4 Å². The number of aryl methyl sites for hydroxylation is 1. The van der Waals surface area contributed by atoms with Crippen molar-refractivity contribution in [1.82, 2.24) is 4.98 Å². The molecule has 0 fully saturated rings. The van der Waals surface area contributed by atoms with Crippen LogP contribution in [0.1, 0.15) is 22.6 Å². The van der Waals surface area contributed by atoms with Crippen LogP contribution in [0.25, 0.3) is 0 Å². The van der Waals surface area contributed by atoms with Gasteiger partial charge in [-0.1, -0.05) is 18.2 Å². The highest BCUT2D eigenvalue weighted by Gasteiger charge is 2.16. The number of carbonyl (C=O) groups is 1. The van der Waals surface area contributed by atoms with Crippen LogP contribution in [0.15, 0.2) is 42.5 Å². The molecule has 156 valence electrons. The first-order valence-electron chi connectivity index (χ1n) is 9.53. The van der Waals surface area contributed by atoms with Gasteiger partial charge in [0.25, 0.3) is 0 Å². The second-order valence-electron chi connectivity index (χ2n) is 6.69. The predicted molar refractivity (Wildman–Crippen MR) is 114 cm³/mol. The lowest BCUT2D eigenvalue weighted by molar-refractivity contribution is -0.116. The molecule has 0 saturated heterocycles. The minimum Gasteiger partial charge on any atom is -0.493 e. The van der Waals surface area contributed by atoms with Crippen molar-refractivity contribution in [3.8, 4) is 23.0 Å². The molecule has 0 aliphatic carbocycles. The Morgan fingerprint density at radius 1 is 1.17 bits per heavy atom. The number of carbonyl (C=O) groups excluding carboxylic acids is 1. The molecular formula is C22H22N2O5S. The van der Waals surface area contributed by atoms with Gasteiger partial charge in [-0.3, -0.25) is 4.79 Å². The van der Waals surface area contributed by atoms with Crippen LogP contribution in [0.3, 0.4) is 0 Å². The van der Waals surface area contributed by atoms with Gasteiger partial charge in [0.2, 0.25) is 12.7 Å². The first-order chi connectivity index (χ1) is 14.6. The van der Waals surface area contributed by atoms with Gasteiger partial charge in [0.05, 0.1) is 25.8 Å². The number of fused-ring (bicyclic) bond motifs is 1. The molecule has 8 heteroatoms. The zero-order valence-electron chi connectivity index (χ0n) is 16.8. The fraction of sp³-hybridized carbons (Fsp3) is 0.273. The van der Waals surface area contributed by atoms with Crippen LogP contribution in [0, 0.1) is 6.92 Å². The predicted octanol–water partition coefficient (Wildman–Crippen LogP) is 4.19. The number of ether oxygens (including phenoxy) is 4. The molecule has 0 atom stereocenters. The first-order valence-corrected chi connectivity index (χ1v) is 10.3. The summed E-state index contributed by atoms with van der Waals surface area (Å²) in [7, 11) is 1.58. The standard InChI is InChI=1S/C22H22N2O5S/c1-14-20(12-15-7-8-18-19(11-15)29-13-28-18)30-22(23-14)24-21(25)9-10-27-17-6-4-3-5-16(17)26-2/h3-8,11H,9-10,12-13H2,1-2H3,(H,23,24,25). The molecule has 1 aliphatic heterocycles. The van der Waals surface area contributed by atoms with E-state index < -0.39 is 0 Å².